The van der Waals surface area contributed by atoms with Gasteiger partial charge in [-0.1, -0.05) is 109 Å². The van der Waals surface area contributed by atoms with E-state index in [2.05, 4.69) is 109 Å². The molecule has 36 heavy (non-hydrogen) atoms. The van der Waals surface area contributed by atoms with Crippen LogP contribution >= 0.6 is 11.6 Å². The van der Waals surface area contributed by atoms with Crippen molar-refractivity contribution in [3.05, 3.63) is 132 Å². The van der Waals surface area contributed by atoms with Gasteiger partial charge in [-0.2, -0.15) is 0 Å². The minimum atomic E-state index is 0.741. The van der Waals surface area contributed by atoms with Gasteiger partial charge < -0.3 is 4.42 Å². The highest BCUT2D eigenvalue weighted by Crippen LogP contribution is 2.41. The summed E-state index contributed by atoms with van der Waals surface area (Å²) in [5, 5.41) is 5.46. The van der Waals surface area contributed by atoms with Gasteiger partial charge in [-0.25, -0.2) is 0 Å². The van der Waals surface area contributed by atoms with Gasteiger partial charge in [-0.3, -0.25) is 0 Å². The van der Waals surface area contributed by atoms with Crippen molar-refractivity contribution in [2.45, 2.75) is 0 Å². The average molecular weight is 481 g/mol. The van der Waals surface area contributed by atoms with Crippen LogP contribution in [-0.4, -0.2) is 0 Å². The number of rotatable bonds is 3. The molecule has 0 N–H and O–H groups in total. The largest absolute Gasteiger partial charge is 0.456 e. The zero-order valence-corrected chi connectivity index (χ0v) is 20.2. The van der Waals surface area contributed by atoms with Crippen molar-refractivity contribution >= 4 is 44.3 Å². The van der Waals surface area contributed by atoms with Gasteiger partial charge >= 0.3 is 0 Å². The SMILES string of the molecule is Clc1ccc(-c2cccc3cccc(-c4ccc5oc6cccc(-c7ccccc7)c6c5c4)c23)cc1. The van der Waals surface area contributed by atoms with Crippen molar-refractivity contribution in [2.75, 3.05) is 0 Å². The molecular formula is C34H21ClO. The Morgan fingerprint density at radius 3 is 1.81 bits per heavy atom. The van der Waals surface area contributed by atoms with Crippen LogP contribution in [0.5, 0.6) is 0 Å². The second-order valence-corrected chi connectivity index (χ2v) is 9.51. The van der Waals surface area contributed by atoms with Crippen molar-refractivity contribution in [3.63, 3.8) is 0 Å². The van der Waals surface area contributed by atoms with Crippen LogP contribution in [0, 0.1) is 0 Å². The van der Waals surface area contributed by atoms with E-state index in [-0.39, 0.29) is 0 Å². The zero-order valence-electron chi connectivity index (χ0n) is 19.4. The van der Waals surface area contributed by atoms with E-state index in [4.69, 9.17) is 16.0 Å². The first-order chi connectivity index (χ1) is 17.8. The number of halogens is 1. The first kappa shape index (κ1) is 21.0. The summed E-state index contributed by atoms with van der Waals surface area (Å²) in [6.07, 6.45) is 0. The average Bonchev–Trinajstić information content (AvgIpc) is 3.31. The van der Waals surface area contributed by atoms with Crippen molar-refractivity contribution in [1.82, 2.24) is 0 Å². The summed E-state index contributed by atoms with van der Waals surface area (Å²) in [5.41, 5.74) is 8.89. The molecular weight excluding hydrogens is 460 g/mol. The Hall–Kier alpha value is -4.33. The van der Waals surface area contributed by atoms with E-state index in [1.165, 1.54) is 38.6 Å². The molecule has 7 rings (SSSR count). The lowest BCUT2D eigenvalue weighted by Crippen LogP contribution is -1.87. The summed E-state index contributed by atoms with van der Waals surface area (Å²) in [6, 6.07) is 44.5. The van der Waals surface area contributed by atoms with E-state index in [0.29, 0.717) is 0 Å². The van der Waals surface area contributed by atoms with Gasteiger partial charge in [0, 0.05) is 15.8 Å². The first-order valence-electron chi connectivity index (χ1n) is 12.0. The number of hydrogen-bond donors (Lipinski definition) is 0. The summed E-state index contributed by atoms with van der Waals surface area (Å²) >= 11 is 6.19. The van der Waals surface area contributed by atoms with E-state index in [1.807, 2.05) is 18.2 Å². The summed E-state index contributed by atoms with van der Waals surface area (Å²) in [7, 11) is 0. The number of hydrogen-bond acceptors (Lipinski definition) is 1. The molecule has 1 aromatic heterocycles. The third kappa shape index (κ3) is 3.40. The lowest BCUT2D eigenvalue weighted by molar-refractivity contribution is 0.669. The van der Waals surface area contributed by atoms with Crippen LogP contribution in [0.1, 0.15) is 0 Å². The van der Waals surface area contributed by atoms with E-state index in [0.717, 1.165) is 32.5 Å². The van der Waals surface area contributed by atoms with Gasteiger partial charge in [-0.15, -0.1) is 0 Å². The van der Waals surface area contributed by atoms with Gasteiger partial charge in [0.05, 0.1) is 0 Å². The second kappa shape index (κ2) is 8.41. The monoisotopic (exact) mass is 480 g/mol. The number of furan rings is 1. The van der Waals surface area contributed by atoms with E-state index < -0.39 is 0 Å². The van der Waals surface area contributed by atoms with E-state index >= 15 is 0 Å². The molecule has 0 spiro atoms. The van der Waals surface area contributed by atoms with Gasteiger partial charge in [0.15, 0.2) is 0 Å². The van der Waals surface area contributed by atoms with Gasteiger partial charge in [-0.05, 0) is 74.5 Å². The summed E-state index contributed by atoms with van der Waals surface area (Å²) < 4.78 is 6.28. The smallest absolute Gasteiger partial charge is 0.136 e. The standard InChI is InChI=1S/C34H21ClO/c35-26-18-15-23(16-19-26)27-11-4-9-24-10-5-12-29(33(24)27)25-17-20-31-30(21-25)34-28(13-6-14-32(34)36-31)22-7-2-1-3-8-22/h1-21H. The minimum absolute atomic E-state index is 0.741. The fourth-order valence-corrected chi connectivity index (χ4v) is 5.43. The molecule has 6 aromatic carbocycles. The fourth-order valence-electron chi connectivity index (χ4n) is 5.30. The first-order valence-corrected chi connectivity index (χ1v) is 12.4. The third-order valence-electron chi connectivity index (χ3n) is 6.95. The quantitative estimate of drug-likeness (QED) is 0.245. The maximum atomic E-state index is 6.28. The maximum Gasteiger partial charge on any atom is 0.136 e. The van der Waals surface area contributed by atoms with Crippen LogP contribution in [0.4, 0.5) is 0 Å². The highest BCUT2D eigenvalue weighted by molar-refractivity contribution is 6.30. The Morgan fingerprint density at radius 2 is 1.06 bits per heavy atom. The highest BCUT2D eigenvalue weighted by Gasteiger charge is 2.15. The predicted octanol–water partition coefficient (Wildman–Crippen LogP) is 10.4. The molecule has 7 aromatic rings. The normalized spacial score (nSPS) is 11.5. The minimum Gasteiger partial charge on any atom is -0.456 e. The van der Waals surface area contributed by atoms with Crippen molar-refractivity contribution < 1.29 is 4.42 Å². The van der Waals surface area contributed by atoms with Crippen LogP contribution in [0.15, 0.2) is 132 Å². The van der Waals surface area contributed by atoms with E-state index in [9.17, 15) is 0 Å². The highest BCUT2D eigenvalue weighted by atomic mass is 35.5. The second-order valence-electron chi connectivity index (χ2n) is 9.07. The Kier molecular flexibility index (Phi) is 4.90. The van der Waals surface area contributed by atoms with Gasteiger partial charge in [0.2, 0.25) is 0 Å². The fraction of sp³-hybridized carbons (Fsp3) is 0. The Balaban J connectivity index is 1.50. The lowest BCUT2D eigenvalue weighted by Gasteiger charge is -2.13. The summed E-state index contributed by atoms with van der Waals surface area (Å²) in [5.74, 6) is 0. The van der Waals surface area contributed by atoms with Crippen molar-refractivity contribution in [1.29, 1.82) is 0 Å². The molecule has 0 saturated carbocycles. The van der Waals surface area contributed by atoms with Gasteiger partial charge in [0.25, 0.3) is 0 Å². The number of fused-ring (bicyclic) bond motifs is 4. The Bertz CT molecular complexity index is 1870. The van der Waals surface area contributed by atoms with Crippen LogP contribution < -0.4 is 0 Å². The lowest BCUT2D eigenvalue weighted by atomic mass is 9.90. The van der Waals surface area contributed by atoms with E-state index in [1.54, 1.807) is 0 Å². The van der Waals surface area contributed by atoms with Crippen molar-refractivity contribution in [2.24, 2.45) is 0 Å². The molecule has 0 aliphatic carbocycles. The van der Waals surface area contributed by atoms with Gasteiger partial charge in [0.1, 0.15) is 11.2 Å². The van der Waals surface area contributed by atoms with Crippen LogP contribution in [0.2, 0.25) is 5.02 Å². The van der Waals surface area contributed by atoms with Crippen LogP contribution in [0.25, 0.3) is 66.1 Å². The molecule has 0 saturated heterocycles. The number of benzene rings is 6. The molecule has 0 unspecified atom stereocenters. The van der Waals surface area contributed by atoms with Crippen LogP contribution in [0.3, 0.4) is 0 Å². The zero-order chi connectivity index (χ0) is 24.1. The molecule has 0 radical (unpaired) electrons. The molecule has 1 nitrogen and oxygen atoms in total. The third-order valence-corrected chi connectivity index (χ3v) is 7.20. The molecule has 0 amide bonds. The molecule has 2 heteroatoms. The molecule has 170 valence electrons. The molecule has 0 aliphatic rings. The summed E-state index contributed by atoms with van der Waals surface area (Å²) in [6.45, 7) is 0. The molecule has 0 bridgehead atoms. The molecule has 0 fully saturated rings. The molecule has 0 aliphatic heterocycles. The van der Waals surface area contributed by atoms with Crippen molar-refractivity contribution in [3.8, 4) is 33.4 Å². The summed E-state index contributed by atoms with van der Waals surface area (Å²) in [4.78, 5) is 0. The molecule has 1 heterocycles. The maximum absolute atomic E-state index is 6.28. The Labute approximate surface area is 214 Å². The molecule has 0 atom stereocenters. The predicted molar refractivity (Wildman–Crippen MR) is 153 cm³/mol. The Morgan fingerprint density at radius 1 is 0.444 bits per heavy atom. The topological polar surface area (TPSA) is 13.1 Å². The van der Waals surface area contributed by atoms with Crippen LogP contribution in [-0.2, 0) is 0 Å².